The van der Waals surface area contributed by atoms with E-state index in [1.165, 1.54) is 24.1 Å². The van der Waals surface area contributed by atoms with E-state index in [9.17, 15) is 4.79 Å². The SMILES string of the molecule is Cc1cc(N2C(=O)C=C(OCc3ccccc3)CC2C)ccc1N1CC2(CCNCC2)C1. The molecule has 5 rings (SSSR count). The number of carbonyl (C=O) groups excluding carboxylic acids is 1. The van der Waals surface area contributed by atoms with Crippen molar-refractivity contribution in [3.63, 3.8) is 0 Å². The van der Waals surface area contributed by atoms with E-state index < -0.39 is 0 Å². The molecular weight excluding hydrogens is 398 g/mol. The highest BCUT2D eigenvalue weighted by molar-refractivity contribution is 6.03. The van der Waals surface area contributed by atoms with E-state index in [1.54, 1.807) is 6.08 Å². The fourth-order valence-electron chi connectivity index (χ4n) is 5.45. The smallest absolute Gasteiger partial charge is 0.254 e. The van der Waals surface area contributed by atoms with Gasteiger partial charge in [-0.2, -0.15) is 0 Å². The molecule has 5 nitrogen and oxygen atoms in total. The lowest BCUT2D eigenvalue weighted by Crippen LogP contribution is -2.60. The van der Waals surface area contributed by atoms with Crippen molar-refractivity contribution in [1.29, 1.82) is 0 Å². The lowest BCUT2D eigenvalue weighted by molar-refractivity contribution is -0.115. The van der Waals surface area contributed by atoms with Crippen LogP contribution in [0.2, 0.25) is 0 Å². The van der Waals surface area contributed by atoms with Gasteiger partial charge in [0.15, 0.2) is 0 Å². The zero-order valence-electron chi connectivity index (χ0n) is 19.1. The average Bonchev–Trinajstić information content (AvgIpc) is 2.77. The second-order valence-corrected chi connectivity index (χ2v) is 9.72. The van der Waals surface area contributed by atoms with Gasteiger partial charge in [0.05, 0.1) is 0 Å². The molecule has 2 fully saturated rings. The zero-order chi connectivity index (χ0) is 22.1. The third-order valence-corrected chi connectivity index (χ3v) is 7.24. The van der Waals surface area contributed by atoms with Crippen LogP contribution in [0.15, 0.2) is 60.4 Å². The number of aryl methyl sites for hydroxylation is 1. The Morgan fingerprint density at radius 1 is 1.09 bits per heavy atom. The van der Waals surface area contributed by atoms with Crippen molar-refractivity contribution < 1.29 is 9.53 Å². The number of ether oxygens (including phenoxy) is 1. The molecule has 0 aromatic heterocycles. The van der Waals surface area contributed by atoms with Gasteiger partial charge in [-0.15, -0.1) is 0 Å². The minimum atomic E-state index is -0.00318. The van der Waals surface area contributed by atoms with Crippen molar-refractivity contribution in [2.45, 2.75) is 45.8 Å². The fourth-order valence-corrected chi connectivity index (χ4v) is 5.45. The van der Waals surface area contributed by atoms with Crippen LogP contribution in [0, 0.1) is 12.3 Å². The number of benzene rings is 2. The molecule has 2 aromatic rings. The summed E-state index contributed by atoms with van der Waals surface area (Å²) in [4.78, 5) is 17.4. The van der Waals surface area contributed by atoms with Gasteiger partial charge in [0, 0.05) is 48.4 Å². The highest BCUT2D eigenvalue weighted by Gasteiger charge is 2.43. The average molecular weight is 432 g/mol. The molecule has 1 N–H and O–H groups in total. The van der Waals surface area contributed by atoms with Crippen LogP contribution >= 0.6 is 0 Å². The first-order valence-corrected chi connectivity index (χ1v) is 11.8. The van der Waals surface area contributed by atoms with Crippen molar-refractivity contribution in [2.75, 3.05) is 36.0 Å². The molecular formula is C27H33N3O2. The molecule has 1 unspecified atom stereocenters. The van der Waals surface area contributed by atoms with Crippen molar-refractivity contribution in [3.8, 4) is 0 Å². The molecule has 0 bridgehead atoms. The number of amides is 1. The minimum absolute atomic E-state index is 0.00318. The van der Waals surface area contributed by atoms with E-state index in [2.05, 4.69) is 42.3 Å². The largest absolute Gasteiger partial charge is 0.493 e. The molecule has 5 heteroatoms. The van der Waals surface area contributed by atoms with Gasteiger partial charge in [-0.3, -0.25) is 4.79 Å². The van der Waals surface area contributed by atoms with Gasteiger partial charge < -0.3 is 19.9 Å². The van der Waals surface area contributed by atoms with Crippen LogP contribution in [0.1, 0.15) is 37.3 Å². The van der Waals surface area contributed by atoms with Crippen molar-refractivity contribution in [2.24, 2.45) is 5.41 Å². The van der Waals surface area contributed by atoms with Crippen molar-refractivity contribution >= 4 is 17.3 Å². The van der Waals surface area contributed by atoms with E-state index in [1.807, 2.05) is 35.2 Å². The molecule has 3 aliphatic heterocycles. The summed E-state index contributed by atoms with van der Waals surface area (Å²) in [5.41, 5.74) is 5.13. The third-order valence-electron chi connectivity index (χ3n) is 7.24. The molecule has 2 saturated heterocycles. The second-order valence-electron chi connectivity index (χ2n) is 9.72. The number of piperidine rings is 1. The van der Waals surface area contributed by atoms with Crippen LogP contribution < -0.4 is 15.1 Å². The number of nitrogens with zero attached hydrogens (tertiary/aromatic N) is 2. The van der Waals surface area contributed by atoms with Crippen molar-refractivity contribution in [1.82, 2.24) is 5.32 Å². The normalized spacial score (nSPS) is 22.5. The Bertz CT molecular complexity index is 1000. The third kappa shape index (κ3) is 4.14. The van der Waals surface area contributed by atoms with Crippen LogP contribution in [-0.4, -0.2) is 38.1 Å². The van der Waals surface area contributed by atoms with Crippen LogP contribution in [-0.2, 0) is 16.1 Å². The molecule has 168 valence electrons. The molecule has 32 heavy (non-hydrogen) atoms. The van der Waals surface area contributed by atoms with Gasteiger partial charge in [-0.05, 0) is 69.1 Å². The Morgan fingerprint density at radius 3 is 2.53 bits per heavy atom. The highest BCUT2D eigenvalue weighted by atomic mass is 16.5. The van der Waals surface area contributed by atoms with Gasteiger partial charge in [0.2, 0.25) is 0 Å². The maximum Gasteiger partial charge on any atom is 0.254 e. The summed E-state index contributed by atoms with van der Waals surface area (Å²) in [6, 6.07) is 16.6. The van der Waals surface area contributed by atoms with Gasteiger partial charge >= 0.3 is 0 Å². The number of rotatable bonds is 5. The molecule has 0 aliphatic carbocycles. The quantitative estimate of drug-likeness (QED) is 0.762. The summed E-state index contributed by atoms with van der Waals surface area (Å²) in [6.07, 6.45) is 4.94. The first-order chi connectivity index (χ1) is 15.5. The second kappa shape index (κ2) is 8.62. The lowest BCUT2D eigenvalue weighted by atomic mass is 9.72. The van der Waals surface area contributed by atoms with E-state index in [-0.39, 0.29) is 11.9 Å². The summed E-state index contributed by atoms with van der Waals surface area (Å²) in [6.45, 7) is 9.34. The Hall–Kier alpha value is -2.79. The highest BCUT2D eigenvalue weighted by Crippen LogP contribution is 2.42. The maximum atomic E-state index is 13.0. The number of carbonyl (C=O) groups is 1. The van der Waals surface area contributed by atoms with Crippen LogP contribution in [0.4, 0.5) is 11.4 Å². The molecule has 2 aromatic carbocycles. The molecule has 0 radical (unpaired) electrons. The molecule has 1 amide bonds. The van der Waals surface area contributed by atoms with Crippen molar-refractivity contribution in [3.05, 3.63) is 71.5 Å². The maximum absolute atomic E-state index is 13.0. The first kappa shape index (κ1) is 21.1. The Kier molecular flexibility index (Phi) is 5.68. The predicted octanol–water partition coefficient (Wildman–Crippen LogP) is 4.41. The molecule has 1 atom stereocenters. The Morgan fingerprint density at radius 2 is 1.84 bits per heavy atom. The zero-order valence-corrected chi connectivity index (χ0v) is 19.1. The van der Waals surface area contributed by atoms with E-state index in [0.717, 1.165) is 49.6 Å². The number of hydrogen-bond donors (Lipinski definition) is 1. The summed E-state index contributed by atoms with van der Waals surface area (Å²) in [5.74, 6) is 0.764. The molecule has 3 aliphatic rings. The topological polar surface area (TPSA) is 44.8 Å². The Labute approximate surface area is 191 Å². The fraction of sp³-hybridized carbons (Fsp3) is 0.444. The summed E-state index contributed by atoms with van der Waals surface area (Å²) >= 11 is 0. The van der Waals surface area contributed by atoms with Gasteiger partial charge in [-0.1, -0.05) is 30.3 Å². The minimum Gasteiger partial charge on any atom is -0.493 e. The van der Waals surface area contributed by atoms with Crippen LogP contribution in [0.3, 0.4) is 0 Å². The molecule has 1 spiro atoms. The number of anilines is 2. The van der Waals surface area contributed by atoms with Gasteiger partial charge in [-0.25, -0.2) is 0 Å². The number of hydrogen-bond acceptors (Lipinski definition) is 4. The van der Waals surface area contributed by atoms with Crippen LogP contribution in [0.5, 0.6) is 0 Å². The van der Waals surface area contributed by atoms with Crippen LogP contribution in [0.25, 0.3) is 0 Å². The summed E-state index contributed by atoms with van der Waals surface area (Å²) in [5, 5.41) is 3.48. The standard InChI is InChI=1S/C27H33N3O2/c1-20-14-23(8-9-25(20)29-18-27(19-29)10-12-28-13-11-27)30-21(2)15-24(16-26(30)31)32-17-22-6-4-3-5-7-22/h3-9,14,16,21,28H,10-13,15,17-19H2,1-2H3. The van der Waals surface area contributed by atoms with E-state index >= 15 is 0 Å². The summed E-state index contributed by atoms with van der Waals surface area (Å²) < 4.78 is 5.95. The van der Waals surface area contributed by atoms with Gasteiger partial charge in [0.1, 0.15) is 12.4 Å². The molecule has 0 saturated carbocycles. The predicted molar refractivity (Wildman–Crippen MR) is 129 cm³/mol. The Balaban J connectivity index is 1.25. The monoisotopic (exact) mass is 431 g/mol. The lowest BCUT2D eigenvalue weighted by Gasteiger charge is -2.54. The van der Waals surface area contributed by atoms with Gasteiger partial charge in [0.25, 0.3) is 5.91 Å². The number of nitrogens with one attached hydrogen (secondary N) is 1. The first-order valence-electron chi connectivity index (χ1n) is 11.8. The molecule has 3 heterocycles. The van der Waals surface area contributed by atoms with E-state index in [4.69, 9.17) is 4.74 Å². The summed E-state index contributed by atoms with van der Waals surface area (Å²) in [7, 11) is 0. The van der Waals surface area contributed by atoms with E-state index in [0.29, 0.717) is 12.0 Å².